The van der Waals surface area contributed by atoms with E-state index in [4.69, 9.17) is 7.85 Å². The average Bonchev–Trinajstić information content (AvgIpc) is 2.62. The Balaban J connectivity index is 2.17. The monoisotopic (exact) mass is 373 g/mol. The van der Waals surface area contributed by atoms with E-state index >= 15 is 0 Å². The van der Waals surface area contributed by atoms with E-state index in [1.807, 2.05) is 6.92 Å². The van der Waals surface area contributed by atoms with Crippen LogP contribution in [0.4, 0.5) is 11.5 Å². The number of aryl methyl sites for hydroxylation is 1. The summed E-state index contributed by atoms with van der Waals surface area (Å²) in [5, 5.41) is 12.5. The Morgan fingerprint density at radius 1 is 1.27 bits per heavy atom. The van der Waals surface area contributed by atoms with Gasteiger partial charge in [0.25, 0.3) is 0 Å². The molecule has 0 saturated carbocycles. The molecule has 6 nitrogen and oxygen atoms in total. The van der Waals surface area contributed by atoms with Crippen LogP contribution in [0.5, 0.6) is 0 Å². The van der Waals surface area contributed by atoms with E-state index < -0.39 is 16.1 Å². The lowest BCUT2D eigenvalue weighted by Gasteiger charge is -2.16. The van der Waals surface area contributed by atoms with Crippen LogP contribution in [0.25, 0.3) is 0 Å². The van der Waals surface area contributed by atoms with Gasteiger partial charge in [-0.05, 0) is 37.6 Å². The summed E-state index contributed by atoms with van der Waals surface area (Å²) < 4.78 is 27.7. The van der Waals surface area contributed by atoms with Crippen LogP contribution >= 0.6 is 0 Å². The molecule has 1 aromatic carbocycles. The number of hydrogen-bond donors (Lipinski definition) is 3. The van der Waals surface area contributed by atoms with Gasteiger partial charge >= 0.3 is 0 Å². The Kier molecular flexibility index (Phi) is 7.19. The van der Waals surface area contributed by atoms with Crippen LogP contribution in [0.1, 0.15) is 31.9 Å². The number of anilines is 2. The number of nitrogens with one attached hydrogen (secondary N) is 2. The van der Waals surface area contributed by atoms with Crippen molar-refractivity contribution in [3.8, 4) is 0 Å². The van der Waals surface area contributed by atoms with Crippen LogP contribution in [-0.2, 0) is 10.0 Å². The van der Waals surface area contributed by atoms with Crippen molar-refractivity contribution in [3.05, 3.63) is 42.1 Å². The fourth-order valence-electron chi connectivity index (χ4n) is 2.46. The lowest BCUT2D eigenvalue weighted by atomic mass is 9.95. The van der Waals surface area contributed by atoms with Crippen LogP contribution < -0.4 is 15.5 Å². The molecule has 2 radical (unpaired) electrons. The van der Waals surface area contributed by atoms with E-state index in [-0.39, 0.29) is 11.5 Å². The van der Waals surface area contributed by atoms with Crippen molar-refractivity contribution < 1.29 is 13.5 Å². The summed E-state index contributed by atoms with van der Waals surface area (Å²) >= 11 is 0. The van der Waals surface area contributed by atoms with Crippen LogP contribution in [0.2, 0.25) is 0 Å². The van der Waals surface area contributed by atoms with Gasteiger partial charge in [0.05, 0.1) is 11.5 Å². The highest BCUT2D eigenvalue weighted by molar-refractivity contribution is 7.89. The van der Waals surface area contributed by atoms with Crippen LogP contribution in [0, 0.1) is 6.92 Å². The first-order valence-corrected chi connectivity index (χ1v) is 10.1. The second-order valence-electron chi connectivity index (χ2n) is 6.17. The average molecular weight is 373 g/mol. The van der Waals surface area contributed by atoms with Gasteiger partial charge in [-0.2, -0.15) is 0 Å². The summed E-state index contributed by atoms with van der Waals surface area (Å²) in [4.78, 5) is 4.45. The zero-order valence-electron chi connectivity index (χ0n) is 15.1. The number of aliphatic hydroxyl groups excluding tert-OH is 1. The zero-order chi connectivity index (χ0) is 19.2. The third kappa shape index (κ3) is 5.55. The number of benzene rings is 1. The molecule has 1 atom stereocenters. The number of aliphatic hydroxyl groups is 1. The topological polar surface area (TPSA) is 91.3 Å². The number of hydrogen-bond acceptors (Lipinski definition) is 5. The molecule has 1 heterocycles. The summed E-state index contributed by atoms with van der Waals surface area (Å²) in [6.45, 7) is 3.59. The highest BCUT2D eigenvalue weighted by Crippen LogP contribution is 2.19. The zero-order valence-corrected chi connectivity index (χ0v) is 15.9. The van der Waals surface area contributed by atoms with Crippen molar-refractivity contribution in [1.82, 2.24) is 9.71 Å². The lowest BCUT2D eigenvalue weighted by Crippen LogP contribution is -2.37. The molecule has 3 N–H and O–H groups in total. The number of aromatic nitrogens is 1. The Labute approximate surface area is 156 Å². The second kappa shape index (κ2) is 9.16. The smallest absolute Gasteiger partial charge is 0.240 e. The molecule has 0 amide bonds. The van der Waals surface area contributed by atoms with E-state index in [0.717, 1.165) is 12.8 Å². The number of unbranched alkanes of at least 4 members (excludes halogenated alkanes) is 1. The predicted octanol–water partition coefficient (Wildman–Crippen LogP) is 1.76. The van der Waals surface area contributed by atoms with Gasteiger partial charge in [0.1, 0.15) is 13.7 Å². The maximum Gasteiger partial charge on any atom is 0.240 e. The Morgan fingerprint density at radius 3 is 2.69 bits per heavy atom. The Bertz CT molecular complexity index is 843. The molecule has 0 aliphatic rings. The third-order valence-corrected chi connectivity index (χ3v) is 5.51. The second-order valence-corrected chi connectivity index (χ2v) is 7.88. The van der Waals surface area contributed by atoms with Gasteiger partial charge in [0, 0.05) is 17.4 Å². The maximum atomic E-state index is 12.6. The van der Waals surface area contributed by atoms with Crippen molar-refractivity contribution in [2.24, 2.45) is 0 Å². The Hall–Kier alpha value is -1.90. The minimum absolute atomic E-state index is 0.129. The maximum absolute atomic E-state index is 12.6. The largest absolute Gasteiger partial charge is 0.395 e. The molecule has 0 spiro atoms. The van der Waals surface area contributed by atoms with Crippen LogP contribution in [0.3, 0.4) is 0 Å². The molecule has 8 heteroatoms. The van der Waals surface area contributed by atoms with Gasteiger partial charge in [0.2, 0.25) is 10.0 Å². The van der Waals surface area contributed by atoms with Gasteiger partial charge < -0.3 is 10.4 Å². The van der Waals surface area contributed by atoms with E-state index in [1.165, 1.54) is 12.1 Å². The van der Waals surface area contributed by atoms with Crippen molar-refractivity contribution in [1.29, 1.82) is 0 Å². The van der Waals surface area contributed by atoms with Gasteiger partial charge in [0.15, 0.2) is 0 Å². The summed E-state index contributed by atoms with van der Waals surface area (Å²) in [6, 6.07) is 9.44. The minimum Gasteiger partial charge on any atom is -0.395 e. The van der Waals surface area contributed by atoms with Crippen molar-refractivity contribution in [2.45, 2.75) is 44.0 Å². The molecular formula is C18H24BN3O3S. The van der Waals surface area contributed by atoms with E-state index in [0.29, 0.717) is 29.1 Å². The molecule has 2 rings (SSSR count). The fourth-order valence-corrected chi connectivity index (χ4v) is 3.76. The highest BCUT2D eigenvalue weighted by Gasteiger charge is 2.19. The van der Waals surface area contributed by atoms with Crippen LogP contribution in [-0.4, -0.2) is 39.0 Å². The van der Waals surface area contributed by atoms with E-state index in [2.05, 4.69) is 15.0 Å². The summed E-state index contributed by atoms with van der Waals surface area (Å²) in [7, 11) is 2.04. The quantitative estimate of drug-likeness (QED) is 0.583. The molecule has 138 valence electrons. The van der Waals surface area contributed by atoms with Crippen molar-refractivity contribution in [2.75, 3.05) is 11.9 Å². The van der Waals surface area contributed by atoms with E-state index in [9.17, 15) is 13.5 Å². The first-order chi connectivity index (χ1) is 12.4. The number of sulfonamides is 1. The summed E-state index contributed by atoms with van der Waals surface area (Å²) in [6.07, 6.45) is 2.38. The van der Waals surface area contributed by atoms with Gasteiger partial charge in [-0.3, -0.25) is 0 Å². The lowest BCUT2D eigenvalue weighted by molar-refractivity contribution is 0.248. The third-order valence-electron chi connectivity index (χ3n) is 3.99. The first-order valence-electron chi connectivity index (χ1n) is 8.59. The molecule has 1 unspecified atom stereocenters. The minimum atomic E-state index is -3.72. The molecule has 26 heavy (non-hydrogen) atoms. The molecule has 0 aliphatic carbocycles. The van der Waals surface area contributed by atoms with Gasteiger partial charge in [-0.25, -0.2) is 18.1 Å². The van der Waals surface area contributed by atoms with Crippen molar-refractivity contribution in [3.63, 3.8) is 0 Å². The molecule has 2 aromatic rings. The molecule has 0 aliphatic heterocycles. The summed E-state index contributed by atoms with van der Waals surface area (Å²) in [5.74, 6) is 0.579. The molecular weight excluding hydrogens is 349 g/mol. The SMILES string of the molecule is [B]c1ccc(Nc2cccc(S(=O)(=O)NC(CO)CCCC)c2)nc1C. The number of nitrogens with zero attached hydrogens (tertiary/aromatic N) is 1. The summed E-state index contributed by atoms with van der Waals surface area (Å²) in [5.41, 5.74) is 1.89. The van der Waals surface area contributed by atoms with E-state index in [1.54, 1.807) is 31.2 Å². The fraction of sp³-hybridized carbons (Fsp3) is 0.389. The van der Waals surface area contributed by atoms with Crippen LogP contribution in [0.15, 0.2) is 41.3 Å². The normalized spacial score (nSPS) is 12.7. The highest BCUT2D eigenvalue weighted by atomic mass is 32.2. The number of rotatable bonds is 9. The standard InChI is InChI=1S/C18H24BN3O3S/c1-3-4-6-15(12-23)22-26(24,25)16-8-5-7-14(11-16)21-18-10-9-17(19)13(2)20-18/h5,7-11,15,22-23H,3-4,6,12H2,1-2H3,(H,20,21). The molecule has 0 bridgehead atoms. The molecule has 0 saturated heterocycles. The van der Waals surface area contributed by atoms with Gasteiger partial charge in [-0.1, -0.05) is 37.4 Å². The Morgan fingerprint density at radius 2 is 2.04 bits per heavy atom. The first kappa shape index (κ1) is 20.4. The molecule has 0 fully saturated rings. The number of pyridine rings is 1. The molecule has 1 aromatic heterocycles. The predicted molar refractivity (Wildman–Crippen MR) is 105 cm³/mol. The van der Waals surface area contributed by atoms with Crippen molar-refractivity contribution >= 4 is 34.8 Å². The van der Waals surface area contributed by atoms with Gasteiger partial charge in [-0.15, -0.1) is 0 Å².